The number of carbonyl (C=O) groups is 4. The van der Waals surface area contributed by atoms with Crippen LogP contribution in [-0.4, -0.2) is 85.6 Å². The minimum Gasteiger partial charge on any atom is -0.550 e. The molecule has 2 atom stereocenters. The van der Waals surface area contributed by atoms with Crippen molar-refractivity contribution < 1.29 is 126 Å². The fourth-order valence-electron chi connectivity index (χ4n) is 7.53. The fraction of sp³-hybridized carbons (Fsp3) is 0.811. The summed E-state index contributed by atoms with van der Waals surface area (Å²) in [6, 6.07) is 6.11. The summed E-state index contributed by atoms with van der Waals surface area (Å²) in [5, 5.41) is 26.1. The van der Waals surface area contributed by atoms with Crippen molar-refractivity contribution in [1.29, 1.82) is 0 Å². The second kappa shape index (κ2) is 50.7. The van der Waals surface area contributed by atoms with Gasteiger partial charge >= 0.3 is 78.9 Å². The van der Waals surface area contributed by atoms with Gasteiger partial charge in [-0.3, -0.25) is 14.1 Å². The molecule has 1 fully saturated rings. The Morgan fingerprint density at radius 3 is 1.29 bits per heavy atom. The maximum absolute atomic E-state index is 11.4. The van der Waals surface area contributed by atoms with Gasteiger partial charge < -0.3 is 59.2 Å². The molecule has 1 saturated heterocycles. The number of esters is 2. The van der Waals surface area contributed by atoms with Gasteiger partial charge in [-0.1, -0.05) is 175 Å². The third kappa shape index (κ3) is 47.3. The molecule has 19 heteroatoms. The smallest absolute Gasteiger partial charge is 0.550 e. The van der Waals surface area contributed by atoms with Gasteiger partial charge in [-0.05, 0) is 61.5 Å². The van der Waals surface area contributed by atoms with Crippen molar-refractivity contribution >= 4 is 31.7 Å². The second-order valence-corrected chi connectivity index (χ2v) is 20.0. The molecule has 2 unspecified atom stereocenters. The molecular formula is C53H95N2Na2O14P. The summed E-state index contributed by atoms with van der Waals surface area (Å²) in [5.74, 6) is -1.20. The van der Waals surface area contributed by atoms with E-state index in [1.165, 1.54) is 103 Å². The van der Waals surface area contributed by atoms with Crippen LogP contribution in [0.3, 0.4) is 0 Å². The number of phosphoric acid groups is 1. The number of phosphoric ester groups is 1. The third-order valence-corrected chi connectivity index (χ3v) is 12.1. The van der Waals surface area contributed by atoms with Gasteiger partial charge in [0.25, 0.3) is 0 Å². The van der Waals surface area contributed by atoms with E-state index in [9.17, 15) is 34.0 Å². The second-order valence-electron chi connectivity index (χ2n) is 18.8. The van der Waals surface area contributed by atoms with E-state index in [0.29, 0.717) is 64.1 Å². The number of rotatable bonds is 40. The normalized spacial score (nSPS) is 14.2. The number of ether oxygens (including phenoxy) is 4. The third-order valence-electron chi connectivity index (χ3n) is 11.6. The van der Waals surface area contributed by atoms with Crippen LogP contribution in [0.15, 0.2) is 18.2 Å². The van der Waals surface area contributed by atoms with Gasteiger partial charge in [-0.15, -0.1) is 0 Å². The number of hydrogen-bond acceptors (Lipinski definition) is 14. The first-order valence-corrected chi connectivity index (χ1v) is 28.3. The Balaban J connectivity index is -0.000000979. The van der Waals surface area contributed by atoms with Crippen LogP contribution in [-0.2, 0) is 42.5 Å². The van der Waals surface area contributed by atoms with E-state index in [1.54, 1.807) is 0 Å². The van der Waals surface area contributed by atoms with E-state index in [2.05, 4.69) is 56.7 Å². The molecule has 72 heavy (non-hydrogen) atoms. The molecule has 0 amide bonds. The van der Waals surface area contributed by atoms with Crippen molar-refractivity contribution in [2.24, 2.45) is 0 Å². The topological polar surface area (TPSA) is 242 Å². The maximum Gasteiger partial charge on any atom is 1.00 e. The minimum absolute atomic E-state index is 0. The molecule has 0 radical (unpaired) electrons. The Morgan fingerprint density at radius 1 is 0.597 bits per heavy atom. The number of unbranched alkanes of at least 4 members (excludes halogenated alkanes) is 18. The Bertz CT molecular complexity index is 1450. The summed E-state index contributed by atoms with van der Waals surface area (Å²) in [7, 11) is -4.57. The molecule has 1 aliphatic heterocycles. The van der Waals surface area contributed by atoms with Crippen LogP contribution in [0.25, 0.3) is 0 Å². The molecule has 16 nitrogen and oxygen atoms in total. The quantitative estimate of drug-likeness (QED) is 0.0319. The first-order chi connectivity index (χ1) is 33.5. The summed E-state index contributed by atoms with van der Waals surface area (Å²) < 4.78 is 37.7. The van der Waals surface area contributed by atoms with Crippen molar-refractivity contribution in [3.05, 3.63) is 29.3 Å². The van der Waals surface area contributed by atoms with Crippen molar-refractivity contribution in [2.45, 2.75) is 239 Å². The number of carboxylic acid groups (broad SMARTS) is 2. The number of para-hydroxylation sites is 1. The van der Waals surface area contributed by atoms with Gasteiger partial charge in [0.05, 0.1) is 26.1 Å². The van der Waals surface area contributed by atoms with Gasteiger partial charge in [-0.2, -0.15) is 0 Å². The van der Waals surface area contributed by atoms with Crippen LogP contribution < -0.4 is 84.7 Å². The number of carboxylic acids is 2. The molecular weight excluding hydrogens is 966 g/mol. The van der Waals surface area contributed by atoms with E-state index in [-0.39, 0.29) is 96.7 Å². The summed E-state index contributed by atoms with van der Waals surface area (Å²) in [6.45, 7) is 15.4. The molecule has 408 valence electrons. The predicted molar refractivity (Wildman–Crippen MR) is 271 cm³/mol. The van der Waals surface area contributed by atoms with Crippen molar-refractivity contribution in [1.82, 2.24) is 10.6 Å². The monoisotopic (exact) mass is 1060 g/mol. The first kappa shape index (κ1) is 75.1. The maximum atomic E-state index is 11.4. The molecule has 0 saturated carbocycles. The summed E-state index contributed by atoms with van der Waals surface area (Å²) >= 11 is 0. The molecule has 1 aromatic carbocycles. The van der Waals surface area contributed by atoms with Crippen molar-refractivity contribution in [3.63, 3.8) is 0 Å². The molecule has 4 N–H and O–H groups in total. The molecule has 1 aromatic rings. The van der Waals surface area contributed by atoms with E-state index in [1.807, 2.05) is 18.2 Å². The molecule has 0 bridgehead atoms. The average molecular weight is 1060 g/mol. The molecule has 1 heterocycles. The summed E-state index contributed by atoms with van der Waals surface area (Å²) in [5.41, 5.74) is 2.20. The minimum atomic E-state index is -4.57. The fourth-order valence-corrected chi connectivity index (χ4v) is 7.99. The number of nitrogens with one attached hydrogen (secondary N) is 2. The van der Waals surface area contributed by atoms with E-state index < -0.39 is 32.3 Å². The van der Waals surface area contributed by atoms with Gasteiger partial charge in [0.1, 0.15) is 5.75 Å². The molecule has 0 spiro atoms. The van der Waals surface area contributed by atoms with E-state index >= 15 is 0 Å². The Kier molecular flexibility index (Phi) is 52.9. The molecule has 2 rings (SSSR count). The van der Waals surface area contributed by atoms with Crippen molar-refractivity contribution in [3.8, 4) is 5.75 Å². The molecule has 0 aromatic heterocycles. The van der Waals surface area contributed by atoms with Gasteiger partial charge in [0.15, 0.2) is 6.29 Å². The Hall–Kier alpha value is -1.11. The number of aliphatic carboxylic acids is 2. The number of hydrogen-bond donors (Lipinski definition) is 4. The van der Waals surface area contributed by atoms with Crippen LogP contribution in [0.5, 0.6) is 5.75 Å². The Labute approximate surface area is 478 Å². The van der Waals surface area contributed by atoms with Crippen LogP contribution in [0, 0.1) is 0 Å². The Morgan fingerprint density at radius 2 is 0.944 bits per heavy atom. The van der Waals surface area contributed by atoms with Crippen molar-refractivity contribution in [2.75, 3.05) is 39.4 Å². The van der Waals surface area contributed by atoms with Crippen LogP contribution in [0.4, 0.5) is 0 Å². The largest absolute Gasteiger partial charge is 1.00 e. The van der Waals surface area contributed by atoms with E-state index in [0.717, 1.165) is 49.0 Å². The van der Waals surface area contributed by atoms with Gasteiger partial charge in [0.2, 0.25) is 6.29 Å². The van der Waals surface area contributed by atoms with Crippen LogP contribution in [0.2, 0.25) is 0 Å². The van der Waals surface area contributed by atoms with Gasteiger partial charge in [-0.25, -0.2) is 4.57 Å². The molecule has 0 aliphatic carbocycles. The zero-order valence-corrected chi connectivity index (χ0v) is 51.0. The number of carbonyl (C=O) groups excluding carboxylic acids is 4. The molecule has 1 aliphatic rings. The SMILES string of the molecule is CC(C)c1cccc(C(C)C)c1OC1CCCC(OP(=O)(O)O)O1.CCCCCCCCCCCCOC(=O)CCNCCC(=O)[O-].CCCCCCCCCCCCOC(=O)CCNCCC(=O)[O-].[Na+].[Na+]. The standard InChI is InChI=1S/2C18H35NO4.C17H27O6P.2Na/c2*1-2-3-4-5-6-7-8-9-10-11-16-23-18(22)13-15-19-14-12-17(20)21;1-11(2)13-7-5-8-14(12(3)4)17(13)22-15-9-6-10-16(21-15)23-24(18,19)20;;/h2*19H,2-16H2,1H3,(H,20,21);5,7-8,11-12,15-16H,6,9-10H2,1-4H3,(H2,18,19,20);;/q;;;2*+1/p-2. The zero-order chi connectivity index (χ0) is 52.3. The zero-order valence-electron chi connectivity index (χ0n) is 46.1. The predicted octanol–water partition coefficient (Wildman–Crippen LogP) is 3.42. The van der Waals surface area contributed by atoms with Crippen LogP contribution >= 0.6 is 7.82 Å². The first-order valence-electron chi connectivity index (χ1n) is 26.8. The van der Waals surface area contributed by atoms with Gasteiger partial charge in [0, 0.05) is 44.5 Å². The number of benzene rings is 1. The summed E-state index contributed by atoms with van der Waals surface area (Å²) in [6.07, 6.45) is 26.0. The summed E-state index contributed by atoms with van der Waals surface area (Å²) in [4.78, 5) is 61.1. The average Bonchev–Trinajstić information content (AvgIpc) is 3.29. The van der Waals surface area contributed by atoms with Crippen LogP contribution in [0.1, 0.15) is 238 Å². The van der Waals surface area contributed by atoms with E-state index in [4.69, 9.17) is 28.7 Å².